The highest BCUT2D eigenvalue weighted by atomic mass is 16.5. The van der Waals surface area contributed by atoms with Crippen molar-refractivity contribution in [2.24, 2.45) is 11.8 Å². The van der Waals surface area contributed by atoms with E-state index >= 15 is 0 Å². The van der Waals surface area contributed by atoms with Crippen LogP contribution in [-0.4, -0.2) is 25.2 Å². The lowest BCUT2D eigenvalue weighted by Gasteiger charge is -2.12. The van der Waals surface area contributed by atoms with Gasteiger partial charge in [0.25, 0.3) is 0 Å². The normalized spacial score (nSPS) is 12.2. The zero-order chi connectivity index (χ0) is 23.2. The molecule has 0 saturated carbocycles. The van der Waals surface area contributed by atoms with Gasteiger partial charge in [-0.05, 0) is 37.5 Å². The predicted octanol–water partition coefficient (Wildman–Crippen LogP) is 8.02. The van der Waals surface area contributed by atoms with Gasteiger partial charge in [-0.2, -0.15) is 0 Å². The van der Waals surface area contributed by atoms with E-state index in [4.69, 9.17) is 9.47 Å². The molecule has 0 spiro atoms. The third-order valence-corrected chi connectivity index (χ3v) is 5.87. The van der Waals surface area contributed by atoms with E-state index in [-0.39, 0.29) is 11.9 Å². The lowest BCUT2D eigenvalue weighted by atomic mass is 9.98. The van der Waals surface area contributed by atoms with Gasteiger partial charge in [0.05, 0.1) is 13.2 Å². The van der Waals surface area contributed by atoms with Crippen molar-refractivity contribution in [2.75, 3.05) is 13.2 Å². The van der Waals surface area contributed by atoms with Gasteiger partial charge >= 0.3 is 11.9 Å². The molecule has 0 aromatic rings. The lowest BCUT2D eigenvalue weighted by Crippen LogP contribution is -2.09. The molecule has 0 amide bonds. The minimum Gasteiger partial charge on any atom is -0.466 e. The fourth-order valence-electron chi connectivity index (χ4n) is 3.67. The summed E-state index contributed by atoms with van der Waals surface area (Å²) in [5.74, 6) is 1.17. The van der Waals surface area contributed by atoms with E-state index in [2.05, 4.69) is 27.7 Å². The summed E-state index contributed by atoms with van der Waals surface area (Å²) in [7, 11) is 0. The molecule has 0 bridgehead atoms. The minimum atomic E-state index is -0.105. The molecule has 0 aliphatic heterocycles. The molecule has 0 aliphatic carbocycles. The summed E-state index contributed by atoms with van der Waals surface area (Å²) in [4.78, 5) is 23.6. The molecular weight excluding hydrogens is 388 g/mol. The fourth-order valence-corrected chi connectivity index (χ4v) is 3.67. The second-order valence-electron chi connectivity index (χ2n) is 9.70. The molecule has 0 N–H and O–H groups in total. The Morgan fingerprint density at radius 2 is 1.10 bits per heavy atom. The lowest BCUT2D eigenvalue weighted by molar-refractivity contribution is -0.144. The first-order valence-electron chi connectivity index (χ1n) is 13.3. The van der Waals surface area contributed by atoms with Crippen LogP contribution in [0.25, 0.3) is 0 Å². The summed E-state index contributed by atoms with van der Waals surface area (Å²) in [6, 6.07) is 0. The van der Waals surface area contributed by atoms with Crippen molar-refractivity contribution in [3.8, 4) is 0 Å². The first-order valence-corrected chi connectivity index (χ1v) is 13.3. The second kappa shape index (κ2) is 22.1. The SMILES string of the molecule is CCCCCCCCCCOC(=O)CCCCCC(=O)OCCC(C)CCCC(C)C. The molecule has 4 heteroatoms. The highest BCUT2D eigenvalue weighted by Crippen LogP contribution is 2.15. The Hall–Kier alpha value is -1.06. The maximum absolute atomic E-state index is 11.8. The standard InChI is InChI=1S/C27H52O4/c1-5-6-7-8-9-10-11-15-22-30-26(28)19-13-12-14-20-27(29)31-23-21-25(4)18-16-17-24(2)3/h24-25H,5-23H2,1-4H3. The van der Waals surface area contributed by atoms with E-state index in [0.29, 0.717) is 32.0 Å². The van der Waals surface area contributed by atoms with Crippen LogP contribution in [0.4, 0.5) is 0 Å². The quantitative estimate of drug-likeness (QED) is 0.126. The molecular formula is C27H52O4. The number of carbonyl (C=O) groups is 2. The average Bonchev–Trinajstić information content (AvgIpc) is 2.72. The van der Waals surface area contributed by atoms with Crippen LogP contribution in [0.1, 0.15) is 137 Å². The van der Waals surface area contributed by atoms with E-state index in [1.807, 2.05) is 0 Å². The number of hydrogen-bond acceptors (Lipinski definition) is 4. The van der Waals surface area contributed by atoms with Crippen molar-refractivity contribution in [1.82, 2.24) is 0 Å². The van der Waals surface area contributed by atoms with E-state index < -0.39 is 0 Å². The molecule has 1 atom stereocenters. The van der Waals surface area contributed by atoms with E-state index in [9.17, 15) is 9.59 Å². The van der Waals surface area contributed by atoms with Crippen molar-refractivity contribution in [3.05, 3.63) is 0 Å². The molecule has 0 heterocycles. The van der Waals surface area contributed by atoms with Crippen LogP contribution in [0.3, 0.4) is 0 Å². The highest BCUT2D eigenvalue weighted by molar-refractivity contribution is 5.69. The van der Waals surface area contributed by atoms with Crippen LogP contribution >= 0.6 is 0 Å². The highest BCUT2D eigenvalue weighted by Gasteiger charge is 2.08. The maximum Gasteiger partial charge on any atom is 0.305 e. The minimum absolute atomic E-state index is 0.100. The summed E-state index contributed by atoms with van der Waals surface area (Å²) >= 11 is 0. The fraction of sp³-hybridized carbons (Fsp3) is 0.926. The number of esters is 2. The van der Waals surface area contributed by atoms with Crippen LogP contribution in [-0.2, 0) is 19.1 Å². The molecule has 0 aromatic carbocycles. The summed E-state index contributed by atoms with van der Waals surface area (Å²) < 4.78 is 10.7. The largest absolute Gasteiger partial charge is 0.466 e. The van der Waals surface area contributed by atoms with Crippen molar-refractivity contribution in [3.63, 3.8) is 0 Å². The Kier molecular flexibility index (Phi) is 21.4. The molecule has 0 fully saturated rings. The molecule has 1 unspecified atom stereocenters. The number of unbranched alkanes of at least 4 members (excludes halogenated alkanes) is 9. The molecule has 0 radical (unpaired) electrons. The molecule has 31 heavy (non-hydrogen) atoms. The Morgan fingerprint density at radius 3 is 1.68 bits per heavy atom. The van der Waals surface area contributed by atoms with Crippen molar-refractivity contribution >= 4 is 11.9 Å². The first kappa shape index (κ1) is 29.9. The average molecular weight is 441 g/mol. The van der Waals surface area contributed by atoms with Crippen LogP contribution in [0.15, 0.2) is 0 Å². The van der Waals surface area contributed by atoms with E-state index in [1.54, 1.807) is 0 Å². The molecule has 4 nitrogen and oxygen atoms in total. The van der Waals surface area contributed by atoms with Crippen LogP contribution in [0.5, 0.6) is 0 Å². The van der Waals surface area contributed by atoms with Crippen molar-refractivity contribution < 1.29 is 19.1 Å². The Balaban J connectivity index is 3.40. The first-order chi connectivity index (χ1) is 15.0. The molecule has 184 valence electrons. The Labute approximate surface area is 193 Å². The monoisotopic (exact) mass is 440 g/mol. The summed E-state index contributed by atoms with van der Waals surface area (Å²) in [5, 5.41) is 0. The summed E-state index contributed by atoms with van der Waals surface area (Å²) in [5.41, 5.74) is 0. The van der Waals surface area contributed by atoms with Gasteiger partial charge in [-0.3, -0.25) is 9.59 Å². The van der Waals surface area contributed by atoms with Gasteiger partial charge in [0.1, 0.15) is 0 Å². The second-order valence-corrected chi connectivity index (χ2v) is 9.70. The van der Waals surface area contributed by atoms with Gasteiger partial charge in [-0.25, -0.2) is 0 Å². The number of ether oxygens (including phenoxy) is 2. The topological polar surface area (TPSA) is 52.6 Å². The van der Waals surface area contributed by atoms with Gasteiger partial charge in [0.2, 0.25) is 0 Å². The predicted molar refractivity (Wildman–Crippen MR) is 130 cm³/mol. The number of carbonyl (C=O) groups excluding carboxylic acids is 2. The third-order valence-electron chi connectivity index (χ3n) is 5.87. The zero-order valence-corrected chi connectivity index (χ0v) is 21.2. The Bertz CT molecular complexity index is 419. The van der Waals surface area contributed by atoms with Gasteiger partial charge < -0.3 is 9.47 Å². The van der Waals surface area contributed by atoms with E-state index in [1.165, 1.54) is 57.8 Å². The van der Waals surface area contributed by atoms with Gasteiger partial charge in [-0.1, -0.05) is 98.3 Å². The molecule has 0 saturated heterocycles. The zero-order valence-electron chi connectivity index (χ0n) is 21.2. The Morgan fingerprint density at radius 1 is 0.581 bits per heavy atom. The summed E-state index contributed by atoms with van der Waals surface area (Å²) in [6.45, 7) is 10.1. The number of hydrogen-bond donors (Lipinski definition) is 0. The summed E-state index contributed by atoms with van der Waals surface area (Å²) in [6.07, 6.45) is 18.0. The van der Waals surface area contributed by atoms with Crippen LogP contribution < -0.4 is 0 Å². The molecule has 0 aliphatic rings. The smallest absolute Gasteiger partial charge is 0.305 e. The maximum atomic E-state index is 11.8. The van der Waals surface area contributed by atoms with Gasteiger partial charge in [-0.15, -0.1) is 0 Å². The third kappa shape index (κ3) is 23.4. The molecule has 0 rings (SSSR count). The van der Waals surface area contributed by atoms with Gasteiger partial charge in [0, 0.05) is 12.8 Å². The van der Waals surface area contributed by atoms with Crippen LogP contribution in [0.2, 0.25) is 0 Å². The van der Waals surface area contributed by atoms with Crippen molar-refractivity contribution in [2.45, 2.75) is 137 Å². The van der Waals surface area contributed by atoms with Gasteiger partial charge in [0.15, 0.2) is 0 Å². The van der Waals surface area contributed by atoms with Crippen molar-refractivity contribution in [1.29, 1.82) is 0 Å². The van der Waals surface area contributed by atoms with Crippen LogP contribution in [0, 0.1) is 11.8 Å². The van der Waals surface area contributed by atoms with E-state index in [0.717, 1.165) is 44.4 Å². The molecule has 0 aromatic heterocycles. The number of rotatable bonds is 22.